The average Bonchev–Trinajstić information content (AvgIpc) is 2.59. The Morgan fingerprint density at radius 1 is 1.15 bits per heavy atom. The molecule has 0 saturated carbocycles. The van der Waals surface area contributed by atoms with Crippen molar-refractivity contribution in [2.75, 3.05) is 13.6 Å². The molecule has 4 nitrogen and oxygen atoms in total. The van der Waals surface area contributed by atoms with E-state index in [2.05, 4.69) is 20.6 Å². The van der Waals surface area contributed by atoms with Crippen LogP contribution in [0.2, 0.25) is 5.15 Å². The lowest BCUT2D eigenvalue weighted by atomic mass is 10.1. The van der Waals surface area contributed by atoms with Gasteiger partial charge in [0.2, 0.25) is 0 Å². The minimum Gasteiger partial charge on any atom is -0.356 e. The zero-order valence-corrected chi connectivity index (χ0v) is 17.1. The van der Waals surface area contributed by atoms with Crippen molar-refractivity contribution in [1.29, 1.82) is 0 Å². The first-order chi connectivity index (χ1) is 11.9. The molecule has 0 bridgehead atoms. The maximum Gasteiger partial charge on any atom is 0.416 e. The largest absolute Gasteiger partial charge is 0.416 e. The number of pyridine rings is 1. The van der Waals surface area contributed by atoms with Crippen LogP contribution in [0.25, 0.3) is 0 Å². The Kier molecular flexibility index (Phi) is 9.14. The summed E-state index contributed by atoms with van der Waals surface area (Å²) >= 11 is 5.73. The number of hydrogen-bond acceptors (Lipinski definition) is 2. The van der Waals surface area contributed by atoms with Crippen LogP contribution in [0.4, 0.5) is 13.2 Å². The third-order valence-corrected chi connectivity index (χ3v) is 3.66. The maximum atomic E-state index is 12.7. The highest BCUT2D eigenvalue weighted by Crippen LogP contribution is 2.29. The minimum absolute atomic E-state index is 0. The smallest absolute Gasteiger partial charge is 0.356 e. The molecule has 0 amide bonds. The van der Waals surface area contributed by atoms with Crippen molar-refractivity contribution < 1.29 is 13.2 Å². The molecule has 0 radical (unpaired) electrons. The highest BCUT2D eigenvalue weighted by atomic mass is 127. The van der Waals surface area contributed by atoms with E-state index in [-0.39, 0.29) is 30.5 Å². The minimum atomic E-state index is -4.34. The second kappa shape index (κ2) is 10.6. The summed E-state index contributed by atoms with van der Waals surface area (Å²) in [4.78, 5) is 8.06. The average molecular weight is 499 g/mol. The highest BCUT2D eigenvalue weighted by molar-refractivity contribution is 14.0. The van der Waals surface area contributed by atoms with Gasteiger partial charge in [0.15, 0.2) is 5.96 Å². The number of benzene rings is 1. The van der Waals surface area contributed by atoms with Gasteiger partial charge in [-0.25, -0.2) is 4.98 Å². The summed E-state index contributed by atoms with van der Waals surface area (Å²) in [5.41, 5.74) is 0.884. The van der Waals surface area contributed by atoms with E-state index in [1.54, 1.807) is 25.4 Å². The van der Waals surface area contributed by atoms with Crippen LogP contribution < -0.4 is 10.6 Å². The lowest BCUT2D eigenvalue weighted by molar-refractivity contribution is -0.137. The van der Waals surface area contributed by atoms with Crippen molar-refractivity contribution in [3.05, 3.63) is 64.4 Å². The van der Waals surface area contributed by atoms with Crippen LogP contribution in [0.1, 0.15) is 16.7 Å². The Morgan fingerprint density at radius 3 is 2.54 bits per heavy atom. The van der Waals surface area contributed by atoms with Gasteiger partial charge >= 0.3 is 6.18 Å². The predicted molar refractivity (Wildman–Crippen MR) is 108 cm³/mol. The fraction of sp³-hybridized carbons (Fsp3) is 0.294. The molecule has 2 rings (SSSR count). The highest BCUT2D eigenvalue weighted by Gasteiger charge is 2.30. The molecule has 0 unspecified atom stereocenters. The van der Waals surface area contributed by atoms with Gasteiger partial charge in [0, 0.05) is 26.3 Å². The number of halogens is 5. The summed E-state index contributed by atoms with van der Waals surface area (Å²) in [6.07, 6.45) is -1.93. The van der Waals surface area contributed by atoms with Crippen LogP contribution in [0.15, 0.2) is 47.6 Å². The number of aromatic nitrogens is 1. The first-order valence-corrected chi connectivity index (χ1v) is 7.97. The molecule has 1 heterocycles. The molecule has 0 aliphatic heterocycles. The van der Waals surface area contributed by atoms with Gasteiger partial charge in [-0.3, -0.25) is 4.99 Å². The van der Waals surface area contributed by atoms with Crippen LogP contribution >= 0.6 is 35.6 Å². The number of nitrogens with zero attached hydrogens (tertiary/aromatic N) is 2. The second-order valence-electron chi connectivity index (χ2n) is 5.29. The van der Waals surface area contributed by atoms with Crippen LogP contribution in [0.3, 0.4) is 0 Å². The fourth-order valence-electron chi connectivity index (χ4n) is 2.14. The van der Waals surface area contributed by atoms with Crippen molar-refractivity contribution in [3.8, 4) is 0 Å². The third-order valence-electron chi connectivity index (χ3n) is 3.43. The Morgan fingerprint density at radius 2 is 1.92 bits per heavy atom. The standard InChI is InChI=1S/C17H18ClF3N4.HI/c1-22-16(23-8-7-12-5-6-15(18)24-10-12)25-11-13-3-2-4-14(9-13)17(19,20)21;/h2-6,9-10H,7-8,11H2,1H3,(H2,22,23,25);1H. The van der Waals surface area contributed by atoms with Gasteiger partial charge in [-0.15, -0.1) is 24.0 Å². The molecule has 1 aromatic heterocycles. The lowest BCUT2D eigenvalue weighted by Crippen LogP contribution is -2.37. The summed E-state index contributed by atoms with van der Waals surface area (Å²) in [5, 5.41) is 6.54. The molecule has 0 spiro atoms. The van der Waals surface area contributed by atoms with Crippen LogP contribution in [0.5, 0.6) is 0 Å². The monoisotopic (exact) mass is 498 g/mol. The van der Waals surface area contributed by atoms with Gasteiger partial charge in [-0.05, 0) is 35.7 Å². The molecule has 1 aromatic carbocycles. The fourth-order valence-corrected chi connectivity index (χ4v) is 2.26. The number of rotatable bonds is 5. The molecule has 0 saturated heterocycles. The van der Waals surface area contributed by atoms with Crippen molar-refractivity contribution in [1.82, 2.24) is 15.6 Å². The molecule has 0 aliphatic carbocycles. The van der Waals surface area contributed by atoms with E-state index in [4.69, 9.17) is 11.6 Å². The molecule has 26 heavy (non-hydrogen) atoms. The zero-order chi connectivity index (χ0) is 18.3. The molecule has 2 N–H and O–H groups in total. The number of guanidine groups is 1. The van der Waals surface area contributed by atoms with Crippen molar-refractivity contribution >= 4 is 41.5 Å². The summed E-state index contributed by atoms with van der Waals surface area (Å²) in [5.74, 6) is 0.513. The van der Waals surface area contributed by atoms with Crippen molar-refractivity contribution in [2.45, 2.75) is 19.1 Å². The number of aliphatic imine (C=N–C) groups is 1. The van der Waals surface area contributed by atoms with Gasteiger partial charge in [-0.2, -0.15) is 13.2 Å². The van der Waals surface area contributed by atoms with Crippen molar-refractivity contribution in [3.63, 3.8) is 0 Å². The van der Waals surface area contributed by atoms with Crippen LogP contribution in [-0.4, -0.2) is 24.5 Å². The zero-order valence-electron chi connectivity index (χ0n) is 14.0. The first-order valence-electron chi connectivity index (χ1n) is 7.59. The molecular weight excluding hydrogens is 480 g/mol. The second-order valence-corrected chi connectivity index (χ2v) is 5.68. The molecule has 0 aliphatic rings. The van der Waals surface area contributed by atoms with E-state index in [0.717, 1.165) is 17.7 Å². The van der Waals surface area contributed by atoms with Crippen LogP contribution in [0, 0.1) is 0 Å². The number of hydrogen-bond donors (Lipinski definition) is 2. The lowest BCUT2D eigenvalue weighted by Gasteiger charge is -2.13. The van der Waals surface area contributed by atoms with E-state index in [1.165, 1.54) is 6.07 Å². The van der Waals surface area contributed by atoms with Gasteiger partial charge in [-0.1, -0.05) is 29.8 Å². The van der Waals surface area contributed by atoms with Gasteiger partial charge in [0.1, 0.15) is 5.15 Å². The van der Waals surface area contributed by atoms with E-state index < -0.39 is 11.7 Å². The van der Waals surface area contributed by atoms with Gasteiger partial charge in [0.05, 0.1) is 5.56 Å². The summed E-state index contributed by atoms with van der Waals surface area (Å²) < 4.78 is 38.1. The van der Waals surface area contributed by atoms with Gasteiger partial charge < -0.3 is 10.6 Å². The van der Waals surface area contributed by atoms with Crippen LogP contribution in [-0.2, 0) is 19.1 Å². The molecule has 9 heteroatoms. The summed E-state index contributed by atoms with van der Waals surface area (Å²) in [6, 6.07) is 8.81. The molecule has 2 aromatic rings. The van der Waals surface area contributed by atoms with E-state index >= 15 is 0 Å². The Balaban J connectivity index is 0.00000338. The molecule has 0 fully saturated rings. The molecule has 0 atom stereocenters. The van der Waals surface area contributed by atoms with E-state index in [1.807, 2.05) is 6.07 Å². The normalized spacial score (nSPS) is 11.7. The number of alkyl halides is 3. The molecular formula is C17H19ClF3IN4. The SMILES string of the molecule is CN=C(NCCc1ccc(Cl)nc1)NCc1cccc(C(F)(F)F)c1.I. The van der Waals surface area contributed by atoms with E-state index in [9.17, 15) is 13.2 Å². The van der Waals surface area contributed by atoms with E-state index in [0.29, 0.717) is 29.6 Å². The Hall–Kier alpha value is -1.55. The van der Waals surface area contributed by atoms with Gasteiger partial charge in [0.25, 0.3) is 0 Å². The summed E-state index contributed by atoms with van der Waals surface area (Å²) in [7, 11) is 1.60. The third kappa shape index (κ3) is 7.36. The van der Waals surface area contributed by atoms with Crippen molar-refractivity contribution in [2.24, 2.45) is 4.99 Å². The Bertz CT molecular complexity index is 721. The molecule has 142 valence electrons. The quantitative estimate of drug-likeness (QED) is 0.280. The maximum absolute atomic E-state index is 12.7. The predicted octanol–water partition coefficient (Wildman–Crippen LogP) is 4.28. The summed E-state index contributed by atoms with van der Waals surface area (Å²) in [6.45, 7) is 0.845. The number of nitrogens with one attached hydrogen (secondary N) is 2. The first kappa shape index (κ1) is 22.5. The Labute approximate surface area is 172 Å². The topological polar surface area (TPSA) is 49.3 Å².